The van der Waals surface area contributed by atoms with Gasteiger partial charge in [0.25, 0.3) is 8.32 Å². The summed E-state index contributed by atoms with van der Waals surface area (Å²) in [6.07, 6.45) is 4.92. The second-order valence-electron chi connectivity index (χ2n) is 16.5. The number of Topliss-reactive ketones (excluding diaryl/α,β-unsaturated/α-hetero) is 1. The number of rotatable bonds is 14. The first-order valence-corrected chi connectivity index (χ1v) is 22.1. The molecule has 1 aromatic heterocycles. The number of hydrogen-bond donors (Lipinski definition) is 3. The van der Waals surface area contributed by atoms with Crippen molar-refractivity contribution in [2.75, 3.05) is 6.54 Å². The molecule has 3 heterocycles. The SMILES string of the molecule is CC[C@]1(C)NC(=O)[C@H](CCCCCC(=O)[C@H](C)O[Si](c2ccccc2)(c2ccccc2)C(C)(C)C)NC(=O)[C@H]2CCCN2C(=O)[C@H](Cc2ccccn2)NC1=O. The maximum absolute atomic E-state index is 14.0. The smallest absolute Gasteiger partial charge is 0.262 e. The van der Waals surface area contributed by atoms with Crippen molar-refractivity contribution < 1.29 is 28.4 Å². The van der Waals surface area contributed by atoms with Crippen molar-refractivity contribution in [3.8, 4) is 0 Å². The summed E-state index contributed by atoms with van der Waals surface area (Å²) in [5.41, 5.74) is -0.705. The normalized spacial score (nSPS) is 22.9. The van der Waals surface area contributed by atoms with E-state index in [1.54, 1.807) is 32.2 Å². The van der Waals surface area contributed by atoms with Gasteiger partial charge in [-0.25, -0.2) is 0 Å². The Hall–Kier alpha value is -4.68. The number of pyridine rings is 1. The van der Waals surface area contributed by atoms with Crippen LogP contribution in [0.1, 0.15) is 98.6 Å². The average molecular weight is 782 g/mol. The average Bonchev–Trinajstić information content (AvgIpc) is 3.69. The summed E-state index contributed by atoms with van der Waals surface area (Å²) in [5.74, 6) is -1.65. The number of nitrogens with zero attached hydrogens (tertiary/aromatic N) is 2. The van der Waals surface area contributed by atoms with Gasteiger partial charge in [0.1, 0.15) is 29.8 Å². The standard InChI is InChI=1S/C44H59N5O6Si/c1-7-44(6)42(54)47-36(30-32-20-17-18-28-45-32)41(53)49-29-19-26-37(49)40(52)46-35(39(51)48-44)25-15-10-16-27-38(50)31(2)55-56(43(3,4)5,33-21-11-8-12-22-33)34-23-13-9-14-24-34/h8-9,11-14,17-18,20-24,28,31,35-37H,7,10,15-16,19,25-27,29-30H2,1-6H3,(H,46,52)(H,47,54)(H,48,51)/t31-,35-,36-,37+,44-/m0/s1. The first-order valence-electron chi connectivity index (χ1n) is 20.2. The van der Waals surface area contributed by atoms with Crippen LogP contribution in [0.3, 0.4) is 0 Å². The minimum Gasteiger partial charge on any atom is -0.398 e. The van der Waals surface area contributed by atoms with E-state index in [1.165, 1.54) is 4.90 Å². The molecule has 56 heavy (non-hydrogen) atoms. The summed E-state index contributed by atoms with van der Waals surface area (Å²) in [4.78, 5) is 75.0. The van der Waals surface area contributed by atoms with Crippen molar-refractivity contribution in [3.63, 3.8) is 0 Å². The number of amides is 4. The number of ketones is 1. The second kappa shape index (κ2) is 18.5. The van der Waals surface area contributed by atoms with E-state index in [4.69, 9.17) is 4.43 Å². The molecule has 4 amide bonds. The first kappa shape index (κ1) is 42.5. The van der Waals surface area contributed by atoms with Crippen molar-refractivity contribution in [2.45, 2.75) is 134 Å². The summed E-state index contributed by atoms with van der Waals surface area (Å²) >= 11 is 0. The van der Waals surface area contributed by atoms with Crippen LogP contribution < -0.4 is 26.3 Å². The zero-order valence-corrected chi connectivity index (χ0v) is 34.8. The van der Waals surface area contributed by atoms with Gasteiger partial charge in [-0.05, 0) is 73.5 Å². The minimum atomic E-state index is -2.91. The highest BCUT2D eigenvalue weighted by Gasteiger charge is 2.51. The first-order chi connectivity index (χ1) is 26.7. The zero-order chi connectivity index (χ0) is 40.5. The van der Waals surface area contributed by atoms with E-state index in [0.29, 0.717) is 57.2 Å². The molecule has 0 spiro atoms. The van der Waals surface area contributed by atoms with Gasteiger partial charge in [0.05, 0.1) is 0 Å². The highest BCUT2D eigenvalue weighted by Crippen LogP contribution is 2.37. The van der Waals surface area contributed by atoms with Crippen molar-refractivity contribution in [1.29, 1.82) is 0 Å². The van der Waals surface area contributed by atoms with E-state index >= 15 is 0 Å². The molecule has 2 aliphatic rings. The Balaban J connectivity index is 1.25. The molecule has 3 N–H and O–H groups in total. The van der Waals surface area contributed by atoms with E-state index in [-0.39, 0.29) is 35.5 Å². The molecule has 0 unspecified atom stereocenters. The second-order valence-corrected chi connectivity index (χ2v) is 20.7. The van der Waals surface area contributed by atoms with Gasteiger partial charge in [0, 0.05) is 31.3 Å². The van der Waals surface area contributed by atoms with E-state index in [2.05, 4.69) is 66.0 Å². The minimum absolute atomic E-state index is 0.0205. The van der Waals surface area contributed by atoms with Gasteiger partial charge in [-0.15, -0.1) is 0 Å². The maximum atomic E-state index is 14.0. The van der Waals surface area contributed by atoms with Crippen molar-refractivity contribution in [3.05, 3.63) is 90.8 Å². The van der Waals surface area contributed by atoms with Gasteiger partial charge in [-0.3, -0.25) is 29.0 Å². The van der Waals surface area contributed by atoms with Crippen LogP contribution in [-0.4, -0.2) is 83.9 Å². The van der Waals surface area contributed by atoms with Crippen LogP contribution >= 0.6 is 0 Å². The topological polar surface area (TPSA) is 147 Å². The molecule has 5 rings (SSSR count). The molecule has 2 aliphatic heterocycles. The molecule has 0 bridgehead atoms. The van der Waals surface area contributed by atoms with E-state index < -0.39 is 49.9 Å². The van der Waals surface area contributed by atoms with Crippen molar-refractivity contribution in [1.82, 2.24) is 25.8 Å². The van der Waals surface area contributed by atoms with E-state index in [0.717, 1.165) is 10.4 Å². The fourth-order valence-electron chi connectivity index (χ4n) is 8.00. The molecule has 0 aliphatic carbocycles. The highest BCUT2D eigenvalue weighted by molar-refractivity contribution is 6.99. The lowest BCUT2D eigenvalue weighted by atomic mass is 9.94. The fraction of sp³-hybridized carbons (Fsp3) is 0.500. The van der Waals surface area contributed by atoms with Gasteiger partial charge in [-0.2, -0.15) is 0 Å². The fourth-order valence-corrected chi connectivity index (χ4v) is 12.7. The van der Waals surface area contributed by atoms with Crippen molar-refractivity contribution >= 4 is 48.1 Å². The number of fused-ring (bicyclic) bond motifs is 1. The Morgan fingerprint density at radius 3 is 2.12 bits per heavy atom. The van der Waals surface area contributed by atoms with Crippen LogP contribution in [0.2, 0.25) is 5.04 Å². The number of benzene rings is 2. The number of carbonyl (C=O) groups is 5. The predicted octanol–water partition coefficient (Wildman–Crippen LogP) is 4.37. The lowest BCUT2D eigenvalue weighted by molar-refractivity contribution is -0.144. The van der Waals surface area contributed by atoms with Crippen LogP contribution in [0.5, 0.6) is 0 Å². The third-order valence-electron chi connectivity index (χ3n) is 11.5. The molecule has 300 valence electrons. The Morgan fingerprint density at radius 1 is 0.893 bits per heavy atom. The third kappa shape index (κ3) is 9.63. The summed E-state index contributed by atoms with van der Waals surface area (Å²) in [7, 11) is -2.91. The summed E-state index contributed by atoms with van der Waals surface area (Å²) < 4.78 is 7.02. The van der Waals surface area contributed by atoms with E-state index in [9.17, 15) is 24.0 Å². The molecule has 0 saturated carbocycles. The van der Waals surface area contributed by atoms with Gasteiger partial charge < -0.3 is 25.3 Å². The largest absolute Gasteiger partial charge is 0.398 e. The van der Waals surface area contributed by atoms with Crippen LogP contribution in [0.25, 0.3) is 0 Å². The molecular weight excluding hydrogens is 723 g/mol. The summed E-state index contributed by atoms with van der Waals surface area (Å²) in [6, 6.07) is 23.3. The Labute approximate surface area is 332 Å². The number of unbranched alkanes of at least 4 members (excludes halogenated alkanes) is 2. The number of nitrogens with one attached hydrogen (secondary N) is 3. The summed E-state index contributed by atoms with van der Waals surface area (Å²) in [6.45, 7) is 12.2. The molecule has 12 heteroatoms. The van der Waals surface area contributed by atoms with Gasteiger partial charge in [0.2, 0.25) is 23.6 Å². The molecule has 5 atom stereocenters. The lowest BCUT2D eigenvalue weighted by Gasteiger charge is -2.44. The van der Waals surface area contributed by atoms with Gasteiger partial charge in [-0.1, -0.05) is 107 Å². The van der Waals surface area contributed by atoms with Crippen molar-refractivity contribution in [2.24, 2.45) is 0 Å². The van der Waals surface area contributed by atoms with Gasteiger partial charge in [0.15, 0.2) is 5.78 Å². The molecular formula is C44H59N5O6Si. The molecule has 2 saturated heterocycles. The van der Waals surface area contributed by atoms with E-state index in [1.807, 2.05) is 49.4 Å². The molecule has 2 fully saturated rings. The van der Waals surface area contributed by atoms with Crippen LogP contribution in [0, 0.1) is 0 Å². The molecule has 11 nitrogen and oxygen atoms in total. The third-order valence-corrected chi connectivity index (χ3v) is 16.6. The zero-order valence-electron chi connectivity index (χ0n) is 33.8. The maximum Gasteiger partial charge on any atom is 0.262 e. The number of carbonyl (C=O) groups excluding carboxylic acids is 5. The Morgan fingerprint density at radius 2 is 1.54 bits per heavy atom. The lowest BCUT2D eigenvalue weighted by Crippen LogP contribution is -2.68. The van der Waals surface area contributed by atoms with Crippen LogP contribution in [0.15, 0.2) is 85.1 Å². The quantitative estimate of drug-likeness (QED) is 0.163. The van der Waals surface area contributed by atoms with Crippen LogP contribution in [0.4, 0.5) is 0 Å². The number of hydrogen-bond acceptors (Lipinski definition) is 7. The highest BCUT2D eigenvalue weighted by atomic mass is 28.4. The summed E-state index contributed by atoms with van der Waals surface area (Å²) in [5, 5.41) is 10.7. The predicted molar refractivity (Wildman–Crippen MR) is 220 cm³/mol. The van der Waals surface area contributed by atoms with Crippen LogP contribution in [-0.2, 0) is 34.8 Å². The molecule has 3 aromatic rings. The Bertz CT molecular complexity index is 1780. The molecule has 2 aromatic carbocycles. The Kier molecular flexibility index (Phi) is 14.0. The molecule has 0 radical (unpaired) electrons. The monoisotopic (exact) mass is 781 g/mol. The van der Waals surface area contributed by atoms with Gasteiger partial charge >= 0.3 is 0 Å². The number of aromatic nitrogens is 1.